The van der Waals surface area contributed by atoms with Crippen molar-refractivity contribution in [3.8, 4) is 0 Å². The van der Waals surface area contributed by atoms with Crippen molar-refractivity contribution in [2.24, 2.45) is 0 Å². The SMILES string of the molecule is Fc1ccc(N2CCN([C@@H]3CCCN(Cc4cccc5nonc45)C3)CC2)cc1. The highest BCUT2D eigenvalue weighted by atomic mass is 19.1. The number of fused-ring (bicyclic) bond motifs is 1. The Kier molecular flexibility index (Phi) is 5.16. The third-order valence-corrected chi connectivity index (χ3v) is 6.27. The molecular weight excluding hydrogens is 369 g/mol. The molecule has 29 heavy (non-hydrogen) atoms. The van der Waals surface area contributed by atoms with Crippen LogP contribution in [0.15, 0.2) is 47.1 Å². The van der Waals surface area contributed by atoms with E-state index in [-0.39, 0.29) is 5.82 Å². The molecule has 0 aliphatic carbocycles. The maximum atomic E-state index is 13.2. The highest BCUT2D eigenvalue weighted by Crippen LogP contribution is 2.23. The Balaban J connectivity index is 1.19. The lowest BCUT2D eigenvalue weighted by Gasteiger charge is -2.44. The van der Waals surface area contributed by atoms with Crippen LogP contribution in [0.4, 0.5) is 10.1 Å². The predicted molar refractivity (Wildman–Crippen MR) is 110 cm³/mol. The standard InChI is InChI=1S/C22H26FN5O/c23-18-6-8-19(9-7-18)27-11-13-28(14-12-27)20-4-2-10-26(16-20)15-17-3-1-5-21-22(17)25-29-24-21/h1,3,5-9,20H,2,4,10-16H2/t20-/m1/s1. The molecule has 5 rings (SSSR count). The summed E-state index contributed by atoms with van der Waals surface area (Å²) >= 11 is 0. The van der Waals surface area contributed by atoms with Crippen LogP contribution in [0.1, 0.15) is 18.4 Å². The first-order valence-corrected chi connectivity index (χ1v) is 10.4. The smallest absolute Gasteiger partial charge is 0.139 e. The van der Waals surface area contributed by atoms with Crippen LogP contribution >= 0.6 is 0 Å². The van der Waals surface area contributed by atoms with E-state index < -0.39 is 0 Å². The number of hydrogen-bond donors (Lipinski definition) is 0. The van der Waals surface area contributed by atoms with Crippen LogP contribution < -0.4 is 4.90 Å². The topological polar surface area (TPSA) is 48.6 Å². The van der Waals surface area contributed by atoms with Crippen LogP contribution in [-0.4, -0.2) is 65.4 Å². The minimum Gasteiger partial charge on any atom is -0.369 e. The van der Waals surface area contributed by atoms with Crippen molar-refractivity contribution in [2.75, 3.05) is 44.2 Å². The number of rotatable bonds is 4. The van der Waals surface area contributed by atoms with Crippen LogP contribution in [0.5, 0.6) is 0 Å². The van der Waals surface area contributed by atoms with Gasteiger partial charge in [0.25, 0.3) is 0 Å². The van der Waals surface area contributed by atoms with Gasteiger partial charge in [-0.1, -0.05) is 12.1 Å². The zero-order valence-electron chi connectivity index (χ0n) is 16.5. The Morgan fingerprint density at radius 1 is 0.966 bits per heavy atom. The predicted octanol–water partition coefficient (Wildman–Crippen LogP) is 3.15. The van der Waals surface area contributed by atoms with Gasteiger partial charge in [-0.05, 0) is 65.6 Å². The molecular formula is C22H26FN5O. The van der Waals surface area contributed by atoms with Crippen LogP contribution in [-0.2, 0) is 6.54 Å². The van der Waals surface area contributed by atoms with E-state index in [1.807, 2.05) is 24.3 Å². The van der Waals surface area contributed by atoms with E-state index in [0.717, 1.165) is 62.5 Å². The molecule has 3 aromatic rings. The molecule has 0 radical (unpaired) electrons. The monoisotopic (exact) mass is 395 g/mol. The number of anilines is 1. The second kappa shape index (κ2) is 8.08. The highest BCUT2D eigenvalue weighted by Gasteiger charge is 2.28. The summed E-state index contributed by atoms with van der Waals surface area (Å²) in [7, 11) is 0. The average Bonchev–Trinajstić information content (AvgIpc) is 3.25. The highest BCUT2D eigenvalue weighted by molar-refractivity contribution is 5.76. The van der Waals surface area contributed by atoms with E-state index in [1.165, 1.54) is 18.4 Å². The van der Waals surface area contributed by atoms with Gasteiger partial charge in [-0.2, -0.15) is 0 Å². The molecule has 0 N–H and O–H groups in total. The summed E-state index contributed by atoms with van der Waals surface area (Å²) in [6, 6.07) is 13.5. The Labute approximate surface area is 169 Å². The van der Waals surface area contributed by atoms with E-state index in [4.69, 9.17) is 4.63 Å². The fourth-order valence-electron chi connectivity index (χ4n) is 4.70. The van der Waals surface area contributed by atoms with Crippen LogP contribution in [0.2, 0.25) is 0 Å². The molecule has 2 aliphatic rings. The molecule has 0 amide bonds. The Hall–Kier alpha value is -2.51. The van der Waals surface area contributed by atoms with E-state index in [0.29, 0.717) is 6.04 Å². The Morgan fingerprint density at radius 3 is 2.62 bits per heavy atom. The number of piperidine rings is 1. The van der Waals surface area contributed by atoms with Crippen molar-refractivity contribution in [2.45, 2.75) is 25.4 Å². The lowest BCUT2D eigenvalue weighted by molar-refractivity contribution is 0.0889. The average molecular weight is 395 g/mol. The van der Waals surface area contributed by atoms with E-state index in [2.05, 4.69) is 31.1 Å². The van der Waals surface area contributed by atoms with Gasteiger partial charge < -0.3 is 4.90 Å². The Morgan fingerprint density at radius 2 is 1.79 bits per heavy atom. The lowest BCUT2D eigenvalue weighted by Crippen LogP contribution is -2.55. The van der Waals surface area contributed by atoms with E-state index >= 15 is 0 Å². The van der Waals surface area contributed by atoms with Gasteiger partial charge in [0, 0.05) is 51.0 Å². The fraction of sp³-hybridized carbons (Fsp3) is 0.455. The fourth-order valence-corrected chi connectivity index (χ4v) is 4.70. The molecule has 7 heteroatoms. The molecule has 0 spiro atoms. The molecule has 1 aromatic heterocycles. The van der Waals surface area contributed by atoms with Crippen LogP contribution in [0, 0.1) is 5.82 Å². The molecule has 152 valence electrons. The number of likely N-dealkylation sites (tertiary alicyclic amines) is 1. The molecule has 3 heterocycles. The van der Waals surface area contributed by atoms with Crippen molar-refractivity contribution < 1.29 is 9.02 Å². The molecule has 2 aromatic carbocycles. The third kappa shape index (κ3) is 3.97. The van der Waals surface area contributed by atoms with Crippen molar-refractivity contribution >= 4 is 16.7 Å². The van der Waals surface area contributed by atoms with Gasteiger partial charge in [0.05, 0.1) is 0 Å². The molecule has 6 nitrogen and oxygen atoms in total. The first-order chi connectivity index (χ1) is 14.3. The van der Waals surface area contributed by atoms with Gasteiger partial charge in [-0.25, -0.2) is 9.02 Å². The van der Waals surface area contributed by atoms with Crippen molar-refractivity contribution in [1.29, 1.82) is 0 Å². The molecule has 0 saturated carbocycles. The maximum Gasteiger partial charge on any atom is 0.139 e. The van der Waals surface area contributed by atoms with Crippen LogP contribution in [0.3, 0.4) is 0 Å². The maximum absolute atomic E-state index is 13.2. The van der Waals surface area contributed by atoms with Gasteiger partial charge >= 0.3 is 0 Å². The summed E-state index contributed by atoms with van der Waals surface area (Å²) in [5.74, 6) is -0.174. The van der Waals surface area contributed by atoms with Crippen molar-refractivity contribution in [3.63, 3.8) is 0 Å². The second-order valence-electron chi connectivity index (χ2n) is 8.08. The number of piperazine rings is 1. The zero-order valence-corrected chi connectivity index (χ0v) is 16.5. The molecule has 2 fully saturated rings. The van der Waals surface area contributed by atoms with Gasteiger partial charge in [0.1, 0.15) is 16.9 Å². The quantitative estimate of drug-likeness (QED) is 0.676. The third-order valence-electron chi connectivity index (χ3n) is 6.27. The summed E-state index contributed by atoms with van der Waals surface area (Å²) in [6.45, 7) is 7.18. The molecule has 2 saturated heterocycles. The normalized spacial score (nSPS) is 21.7. The van der Waals surface area contributed by atoms with Gasteiger partial charge in [-0.15, -0.1) is 0 Å². The summed E-state index contributed by atoms with van der Waals surface area (Å²) in [5, 5.41) is 8.04. The number of halogens is 1. The zero-order chi connectivity index (χ0) is 19.6. The second-order valence-corrected chi connectivity index (χ2v) is 8.08. The van der Waals surface area contributed by atoms with Gasteiger partial charge in [0.15, 0.2) is 0 Å². The molecule has 1 atom stereocenters. The Bertz CT molecular complexity index is 951. The summed E-state index contributed by atoms with van der Waals surface area (Å²) < 4.78 is 18.1. The molecule has 2 aliphatic heterocycles. The summed E-state index contributed by atoms with van der Waals surface area (Å²) in [4.78, 5) is 7.52. The first-order valence-electron chi connectivity index (χ1n) is 10.4. The summed E-state index contributed by atoms with van der Waals surface area (Å²) in [6.07, 6.45) is 2.47. The van der Waals surface area contributed by atoms with Crippen molar-refractivity contribution in [3.05, 3.63) is 53.8 Å². The van der Waals surface area contributed by atoms with E-state index in [9.17, 15) is 4.39 Å². The molecule has 0 unspecified atom stereocenters. The van der Waals surface area contributed by atoms with Gasteiger partial charge in [0.2, 0.25) is 0 Å². The molecule has 0 bridgehead atoms. The number of benzene rings is 2. The number of hydrogen-bond acceptors (Lipinski definition) is 6. The summed E-state index contributed by atoms with van der Waals surface area (Å²) in [5.41, 5.74) is 4.01. The van der Waals surface area contributed by atoms with Crippen molar-refractivity contribution in [1.82, 2.24) is 20.1 Å². The minimum absolute atomic E-state index is 0.174. The number of nitrogens with zero attached hydrogens (tertiary/aromatic N) is 5. The minimum atomic E-state index is -0.174. The van der Waals surface area contributed by atoms with Crippen LogP contribution in [0.25, 0.3) is 11.0 Å². The van der Waals surface area contributed by atoms with Gasteiger partial charge in [-0.3, -0.25) is 9.80 Å². The lowest BCUT2D eigenvalue weighted by atomic mass is 10.0. The first kappa shape index (κ1) is 18.5. The van der Waals surface area contributed by atoms with E-state index in [1.54, 1.807) is 12.1 Å². The number of aromatic nitrogens is 2. The largest absolute Gasteiger partial charge is 0.369 e.